The number of fused-ring (bicyclic) bond motifs is 1. The molecular weight excluding hydrogens is 442 g/mol. The Morgan fingerprint density at radius 1 is 1.30 bits per heavy atom. The number of benzene rings is 1. The second-order valence-corrected chi connectivity index (χ2v) is 9.41. The third kappa shape index (κ3) is 5.85. The van der Waals surface area contributed by atoms with Gasteiger partial charge in [0, 0.05) is 31.7 Å². The molecule has 9 heteroatoms. The SMILES string of the molecule is CCOCCCn1c(SCC(=O)N(C)Cc2ccc(Cl)s2)nc2ccccc2c1=O. The van der Waals surface area contributed by atoms with Gasteiger partial charge in [-0.15, -0.1) is 11.3 Å². The molecule has 0 spiro atoms. The normalized spacial score (nSPS) is 11.2. The molecule has 0 radical (unpaired) electrons. The Balaban J connectivity index is 1.74. The van der Waals surface area contributed by atoms with Crippen molar-refractivity contribution in [3.05, 3.63) is 56.0 Å². The molecule has 0 unspecified atom stereocenters. The Kier molecular flexibility index (Phi) is 8.32. The van der Waals surface area contributed by atoms with Crippen molar-refractivity contribution in [2.45, 2.75) is 31.6 Å². The van der Waals surface area contributed by atoms with Crippen molar-refractivity contribution in [1.82, 2.24) is 14.5 Å². The summed E-state index contributed by atoms with van der Waals surface area (Å²) < 4.78 is 7.76. The summed E-state index contributed by atoms with van der Waals surface area (Å²) >= 11 is 8.72. The standard InChI is InChI=1S/C21H24ClN3O3S2/c1-3-28-12-6-11-25-20(27)16-7-4-5-8-17(16)23-21(25)29-14-19(26)24(2)13-15-9-10-18(22)30-15/h4-5,7-10H,3,6,11-14H2,1-2H3. The van der Waals surface area contributed by atoms with Gasteiger partial charge in [0.05, 0.1) is 27.5 Å². The molecule has 0 fully saturated rings. The van der Waals surface area contributed by atoms with Crippen molar-refractivity contribution < 1.29 is 9.53 Å². The van der Waals surface area contributed by atoms with Crippen LogP contribution in [-0.2, 0) is 22.6 Å². The van der Waals surface area contributed by atoms with Crippen LogP contribution in [0.15, 0.2) is 46.3 Å². The molecule has 1 aromatic carbocycles. The number of hydrogen-bond acceptors (Lipinski definition) is 6. The maximum Gasteiger partial charge on any atom is 0.262 e. The van der Waals surface area contributed by atoms with Gasteiger partial charge >= 0.3 is 0 Å². The molecule has 30 heavy (non-hydrogen) atoms. The Morgan fingerprint density at radius 3 is 2.83 bits per heavy atom. The van der Waals surface area contributed by atoms with Crippen LogP contribution in [0, 0.1) is 0 Å². The minimum absolute atomic E-state index is 0.0344. The number of aromatic nitrogens is 2. The molecule has 0 saturated heterocycles. The van der Waals surface area contributed by atoms with Crippen molar-refractivity contribution in [3.8, 4) is 0 Å². The highest BCUT2D eigenvalue weighted by molar-refractivity contribution is 7.99. The van der Waals surface area contributed by atoms with Gasteiger partial charge < -0.3 is 9.64 Å². The van der Waals surface area contributed by atoms with Gasteiger partial charge in [-0.2, -0.15) is 0 Å². The summed E-state index contributed by atoms with van der Waals surface area (Å²) in [6, 6.07) is 11.0. The topological polar surface area (TPSA) is 64.4 Å². The highest BCUT2D eigenvalue weighted by Crippen LogP contribution is 2.23. The van der Waals surface area contributed by atoms with E-state index in [1.54, 1.807) is 22.6 Å². The van der Waals surface area contributed by atoms with Crippen LogP contribution >= 0.6 is 34.7 Å². The molecule has 2 aromatic heterocycles. The van der Waals surface area contributed by atoms with E-state index in [4.69, 9.17) is 16.3 Å². The molecule has 2 heterocycles. The first kappa shape index (κ1) is 22.8. The van der Waals surface area contributed by atoms with Crippen LogP contribution in [0.1, 0.15) is 18.2 Å². The van der Waals surface area contributed by atoms with E-state index in [2.05, 4.69) is 4.98 Å². The average Bonchev–Trinajstić information content (AvgIpc) is 3.15. The lowest BCUT2D eigenvalue weighted by molar-refractivity contribution is -0.127. The predicted octanol–water partition coefficient (Wildman–Crippen LogP) is 4.29. The summed E-state index contributed by atoms with van der Waals surface area (Å²) in [7, 11) is 1.76. The molecule has 0 aliphatic rings. The number of carbonyl (C=O) groups is 1. The molecule has 0 aliphatic carbocycles. The second-order valence-electron chi connectivity index (χ2n) is 6.66. The monoisotopic (exact) mass is 465 g/mol. The van der Waals surface area contributed by atoms with Crippen LogP contribution in [0.25, 0.3) is 10.9 Å². The molecule has 0 atom stereocenters. The van der Waals surface area contributed by atoms with Crippen LogP contribution in [-0.4, -0.2) is 46.4 Å². The van der Waals surface area contributed by atoms with E-state index in [0.717, 1.165) is 4.88 Å². The van der Waals surface area contributed by atoms with Crippen molar-refractivity contribution in [2.75, 3.05) is 26.0 Å². The number of para-hydroxylation sites is 1. The molecule has 6 nitrogen and oxygen atoms in total. The van der Waals surface area contributed by atoms with E-state index in [1.165, 1.54) is 23.1 Å². The Labute approximate surface area is 188 Å². The number of thioether (sulfide) groups is 1. The minimum atomic E-state index is -0.0892. The van der Waals surface area contributed by atoms with Crippen LogP contribution in [0.2, 0.25) is 4.34 Å². The van der Waals surface area contributed by atoms with Crippen molar-refractivity contribution >= 4 is 51.5 Å². The maximum atomic E-state index is 13.0. The molecule has 0 aliphatic heterocycles. The first-order chi connectivity index (χ1) is 14.5. The minimum Gasteiger partial charge on any atom is -0.382 e. The van der Waals surface area contributed by atoms with E-state index in [0.29, 0.717) is 53.1 Å². The van der Waals surface area contributed by atoms with Crippen LogP contribution in [0.4, 0.5) is 0 Å². The molecule has 160 valence electrons. The van der Waals surface area contributed by atoms with Gasteiger partial charge in [-0.05, 0) is 37.6 Å². The van der Waals surface area contributed by atoms with Gasteiger partial charge in [-0.25, -0.2) is 4.98 Å². The lowest BCUT2D eigenvalue weighted by Gasteiger charge is -2.17. The number of thiophene rings is 1. The molecule has 0 bridgehead atoms. The quantitative estimate of drug-likeness (QED) is 0.254. The highest BCUT2D eigenvalue weighted by atomic mass is 35.5. The molecule has 1 amide bonds. The van der Waals surface area contributed by atoms with E-state index in [1.807, 2.05) is 37.3 Å². The number of halogens is 1. The first-order valence-electron chi connectivity index (χ1n) is 9.68. The van der Waals surface area contributed by atoms with Gasteiger partial charge in [-0.3, -0.25) is 14.2 Å². The van der Waals surface area contributed by atoms with E-state index in [-0.39, 0.29) is 17.2 Å². The maximum absolute atomic E-state index is 13.0. The zero-order valence-corrected chi connectivity index (χ0v) is 19.4. The Morgan fingerprint density at radius 2 is 2.10 bits per heavy atom. The number of carbonyl (C=O) groups excluding carboxylic acids is 1. The Bertz CT molecular complexity index is 1070. The average molecular weight is 466 g/mol. The van der Waals surface area contributed by atoms with Crippen molar-refractivity contribution in [1.29, 1.82) is 0 Å². The third-order valence-electron chi connectivity index (χ3n) is 4.47. The zero-order valence-electron chi connectivity index (χ0n) is 17.0. The summed E-state index contributed by atoms with van der Waals surface area (Å²) in [6.45, 7) is 4.16. The van der Waals surface area contributed by atoms with E-state index >= 15 is 0 Å². The smallest absolute Gasteiger partial charge is 0.262 e. The van der Waals surface area contributed by atoms with Gasteiger partial charge in [0.15, 0.2) is 5.16 Å². The highest BCUT2D eigenvalue weighted by Gasteiger charge is 2.16. The molecule has 3 rings (SSSR count). The number of nitrogens with zero attached hydrogens (tertiary/aromatic N) is 3. The Hall–Kier alpha value is -1.87. The lowest BCUT2D eigenvalue weighted by Crippen LogP contribution is -2.28. The van der Waals surface area contributed by atoms with E-state index < -0.39 is 0 Å². The predicted molar refractivity (Wildman–Crippen MR) is 124 cm³/mol. The fourth-order valence-corrected chi connectivity index (χ4v) is 5.03. The molecule has 0 N–H and O–H groups in total. The molecule has 0 saturated carbocycles. The first-order valence-corrected chi connectivity index (χ1v) is 11.9. The van der Waals surface area contributed by atoms with Gasteiger partial charge in [-0.1, -0.05) is 35.5 Å². The number of rotatable bonds is 10. The van der Waals surface area contributed by atoms with Gasteiger partial charge in [0.25, 0.3) is 5.56 Å². The summed E-state index contributed by atoms with van der Waals surface area (Å²) in [5, 5.41) is 1.13. The molecular formula is C21H24ClN3O3S2. The summed E-state index contributed by atoms with van der Waals surface area (Å²) in [5.74, 6) is 0.166. The second kappa shape index (κ2) is 10.9. The fraction of sp³-hybridized carbons (Fsp3) is 0.381. The van der Waals surface area contributed by atoms with Gasteiger partial charge in [0.2, 0.25) is 5.91 Å². The number of hydrogen-bond donors (Lipinski definition) is 0. The summed E-state index contributed by atoms with van der Waals surface area (Å²) in [6.07, 6.45) is 0.703. The van der Waals surface area contributed by atoms with Crippen LogP contribution in [0.5, 0.6) is 0 Å². The lowest BCUT2D eigenvalue weighted by atomic mass is 10.2. The number of ether oxygens (including phenoxy) is 1. The number of amides is 1. The summed E-state index contributed by atoms with van der Waals surface area (Å²) in [5.41, 5.74) is 0.550. The van der Waals surface area contributed by atoms with Gasteiger partial charge in [0.1, 0.15) is 0 Å². The van der Waals surface area contributed by atoms with Crippen LogP contribution in [0.3, 0.4) is 0 Å². The summed E-state index contributed by atoms with van der Waals surface area (Å²) in [4.78, 5) is 33.0. The van der Waals surface area contributed by atoms with Crippen LogP contribution < -0.4 is 5.56 Å². The largest absolute Gasteiger partial charge is 0.382 e. The fourth-order valence-electron chi connectivity index (χ4n) is 2.92. The van der Waals surface area contributed by atoms with E-state index in [9.17, 15) is 9.59 Å². The van der Waals surface area contributed by atoms with Crippen molar-refractivity contribution in [3.63, 3.8) is 0 Å². The third-order valence-corrected chi connectivity index (χ3v) is 6.65. The molecule has 3 aromatic rings. The van der Waals surface area contributed by atoms with Crippen molar-refractivity contribution in [2.24, 2.45) is 0 Å². The zero-order chi connectivity index (χ0) is 21.5.